The molecule has 0 aromatic heterocycles. The molecule has 0 unspecified atom stereocenters. The van der Waals surface area contributed by atoms with Crippen LogP contribution in [-0.4, -0.2) is 11.5 Å². The zero-order valence-electron chi connectivity index (χ0n) is 12.9. The molecule has 2 aromatic rings. The first-order valence-electron chi connectivity index (χ1n) is 7.09. The maximum Gasteiger partial charge on any atom is 0.272 e. The smallest absolute Gasteiger partial charge is 0.272 e. The quantitative estimate of drug-likeness (QED) is 0.599. The Labute approximate surface area is 134 Å². The minimum absolute atomic E-state index is 0.0657. The van der Waals surface area contributed by atoms with Crippen molar-refractivity contribution in [3.8, 4) is 17.6 Å². The van der Waals surface area contributed by atoms with Crippen LogP contribution in [0.25, 0.3) is 0 Å². The Morgan fingerprint density at radius 2 is 2.00 bits per heavy atom. The average molecular weight is 312 g/mol. The SMILES string of the molecule is CCOc1cc(C#N)ccc1OCc1cccc([N+](=O)[O-])c1C. The van der Waals surface area contributed by atoms with Gasteiger partial charge in [0.2, 0.25) is 0 Å². The van der Waals surface area contributed by atoms with Gasteiger partial charge in [-0.1, -0.05) is 12.1 Å². The number of nitro benzene ring substituents is 1. The number of ether oxygens (including phenoxy) is 2. The lowest BCUT2D eigenvalue weighted by Crippen LogP contribution is -2.03. The van der Waals surface area contributed by atoms with Crippen molar-refractivity contribution in [1.82, 2.24) is 0 Å². The van der Waals surface area contributed by atoms with E-state index in [0.29, 0.717) is 29.2 Å². The van der Waals surface area contributed by atoms with Crippen molar-refractivity contribution in [2.45, 2.75) is 20.5 Å². The van der Waals surface area contributed by atoms with Crippen molar-refractivity contribution < 1.29 is 14.4 Å². The van der Waals surface area contributed by atoms with Gasteiger partial charge in [-0.25, -0.2) is 0 Å². The van der Waals surface area contributed by atoms with E-state index < -0.39 is 4.92 Å². The molecule has 2 rings (SSSR count). The Morgan fingerprint density at radius 1 is 1.22 bits per heavy atom. The molecule has 0 bridgehead atoms. The standard InChI is InChI=1S/C17H16N2O4/c1-3-22-17-9-13(10-18)7-8-16(17)23-11-14-5-4-6-15(12(14)2)19(20)21/h4-9H,3,11H2,1-2H3. The number of nitro groups is 1. The summed E-state index contributed by atoms with van der Waals surface area (Å²) in [5.74, 6) is 0.978. The zero-order valence-corrected chi connectivity index (χ0v) is 12.9. The van der Waals surface area contributed by atoms with Crippen LogP contribution in [0.5, 0.6) is 11.5 Å². The van der Waals surface area contributed by atoms with Gasteiger partial charge in [0, 0.05) is 17.7 Å². The molecule has 6 heteroatoms. The van der Waals surface area contributed by atoms with Crippen LogP contribution in [0.4, 0.5) is 5.69 Å². The molecule has 6 nitrogen and oxygen atoms in total. The fourth-order valence-electron chi connectivity index (χ4n) is 2.14. The van der Waals surface area contributed by atoms with E-state index in [1.165, 1.54) is 6.07 Å². The fraction of sp³-hybridized carbons (Fsp3) is 0.235. The van der Waals surface area contributed by atoms with E-state index >= 15 is 0 Å². The monoisotopic (exact) mass is 312 g/mol. The molecule has 0 saturated heterocycles. The molecule has 0 heterocycles. The Hall–Kier alpha value is -3.07. The molecule has 0 radical (unpaired) electrons. The van der Waals surface area contributed by atoms with Gasteiger partial charge in [0.1, 0.15) is 6.61 Å². The van der Waals surface area contributed by atoms with Gasteiger partial charge in [0.15, 0.2) is 11.5 Å². The van der Waals surface area contributed by atoms with Crippen LogP contribution in [0, 0.1) is 28.4 Å². The average Bonchev–Trinajstić information content (AvgIpc) is 2.54. The van der Waals surface area contributed by atoms with Crippen LogP contribution in [0.1, 0.15) is 23.6 Å². The van der Waals surface area contributed by atoms with Crippen LogP contribution in [0.15, 0.2) is 36.4 Å². The molecule has 0 N–H and O–H groups in total. The summed E-state index contributed by atoms with van der Waals surface area (Å²) in [4.78, 5) is 10.6. The van der Waals surface area contributed by atoms with Crippen molar-refractivity contribution in [3.05, 3.63) is 63.2 Å². The number of benzene rings is 2. The second-order valence-corrected chi connectivity index (χ2v) is 4.81. The van der Waals surface area contributed by atoms with Gasteiger partial charge in [-0.2, -0.15) is 5.26 Å². The number of hydrogen-bond acceptors (Lipinski definition) is 5. The van der Waals surface area contributed by atoms with E-state index in [0.717, 1.165) is 5.56 Å². The number of nitriles is 1. The largest absolute Gasteiger partial charge is 0.490 e. The summed E-state index contributed by atoms with van der Waals surface area (Å²) >= 11 is 0. The van der Waals surface area contributed by atoms with Crippen LogP contribution in [0.3, 0.4) is 0 Å². The van der Waals surface area contributed by atoms with Crippen LogP contribution >= 0.6 is 0 Å². The van der Waals surface area contributed by atoms with Crippen molar-refractivity contribution in [1.29, 1.82) is 5.26 Å². The van der Waals surface area contributed by atoms with E-state index in [4.69, 9.17) is 14.7 Å². The molecule has 2 aromatic carbocycles. The predicted octanol–water partition coefficient (Wildman–Crippen LogP) is 3.75. The lowest BCUT2D eigenvalue weighted by molar-refractivity contribution is -0.385. The minimum Gasteiger partial charge on any atom is -0.490 e. The molecular formula is C17H16N2O4. The predicted molar refractivity (Wildman–Crippen MR) is 84.5 cm³/mol. The van der Waals surface area contributed by atoms with E-state index in [1.54, 1.807) is 37.3 Å². The summed E-state index contributed by atoms with van der Waals surface area (Å²) in [7, 11) is 0. The lowest BCUT2D eigenvalue weighted by atomic mass is 10.1. The van der Waals surface area contributed by atoms with Crippen molar-refractivity contribution in [2.75, 3.05) is 6.61 Å². The maximum atomic E-state index is 11.0. The molecule has 0 fully saturated rings. The highest BCUT2D eigenvalue weighted by atomic mass is 16.6. The fourth-order valence-corrected chi connectivity index (χ4v) is 2.14. The molecule has 0 saturated carbocycles. The molecule has 0 aliphatic heterocycles. The summed E-state index contributed by atoms with van der Waals surface area (Å²) in [5.41, 5.74) is 1.85. The number of hydrogen-bond donors (Lipinski definition) is 0. The summed E-state index contributed by atoms with van der Waals surface area (Å²) in [6.45, 7) is 4.16. The molecule has 23 heavy (non-hydrogen) atoms. The van der Waals surface area contributed by atoms with Crippen LogP contribution < -0.4 is 9.47 Å². The highest BCUT2D eigenvalue weighted by Crippen LogP contribution is 2.30. The molecule has 0 atom stereocenters. The van der Waals surface area contributed by atoms with Gasteiger partial charge in [-0.15, -0.1) is 0 Å². The van der Waals surface area contributed by atoms with Crippen molar-refractivity contribution in [2.24, 2.45) is 0 Å². The Kier molecular flexibility index (Phi) is 5.15. The van der Waals surface area contributed by atoms with Gasteiger partial charge in [-0.3, -0.25) is 10.1 Å². The third-order valence-corrected chi connectivity index (χ3v) is 3.37. The van der Waals surface area contributed by atoms with E-state index in [1.807, 2.05) is 13.0 Å². The van der Waals surface area contributed by atoms with Gasteiger partial charge >= 0.3 is 0 Å². The van der Waals surface area contributed by atoms with Gasteiger partial charge < -0.3 is 9.47 Å². The van der Waals surface area contributed by atoms with Crippen molar-refractivity contribution >= 4 is 5.69 Å². The molecule has 0 spiro atoms. The van der Waals surface area contributed by atoms with Crippen LogP contribution in [0.2, 0.25) is 0 Å². The number of rotatable bonds is 6. The Balaban J connectivity index is 2.23. The first-order valence-corrected chi connectivity index (χ1v) is 7.09. The van der Waals surface area contributed by atoms with Gasteiger partial charge in [-0.05, 0) is 31.5 Å². The van der Waals surface area contributed by atoms with Gasteiger partial charge in [0.25, 0.3) is 5.69 Å². The first-order chi connectivity index (χ1) is 11.1. The summed E-state index contributed by atoms with van der Waals surface area (Å²) in [6.07, 6.45) is 0. The third kappa shape index (κ3) is 3.77. The molecular weight excluding hydrogens is 296 g/mol. The minimum atomic E-state index is -0.411. The molecule has 0 aliphatic rings. The Morgan fingerprint density at radius 3 is 2.65 bits per heavy atom. The normalized spacial score (nSPS) is 9.96. The topological polar surface area (TPSA) is 85.4 Å². The van der Waals surface area contributed by atoms with E-state index in [2.05, 4.69) is 0 Å². The summed E-state index contributed by atoms with van der Waals surface area (Å²) in [6, 6.07) is 11.8. The maximum absolute atomic E-state index is 11.0. The van der Waals surface area contributed by atoms with Gasteiger partial charge in [0.05, 0.1) is 23.2 Å². The second-order valence-electron chi connectivity index (χ2n) is 4.81. The second kappa shape index (κ2) is 7.27. The first kappa shape index (κ1) is 16.3. The van der Waals surface area contributed by atoms with Crippen molar-refractivity contribution in [3.63, 3.8) is 0 Å². The summed E-state index contributed by atoms with van der Waals surface area (Å²) in [5, 5.41) is 19.9. The summed E-state index contributed by atoms with van der Waals surface area (Å²) < 4.78 is 11.2. The lowest BCUT2D eigenvalue weighted by Gasteiger charge is -2.13. The van der Waals surface area contributed by atoms with E-state index in [9.17, 15) is 10.1 Å². The van der Waals surface area contributed by atoms with Crippen LogP contribution in [-0.2, 0) is 6.61 Å². The Bertz CT molecular complexity index is 766. The third-order valence-electron chi connectivity index (χ3n) is 3.37. The molecule has 118 valence electrons. The highest BCUT2D eigenvalue weighted by Gasteiger charge is 2.14. The highest BCUT2D eigenvalue weighted by molar-refractivity contribution is 5.48. The zero-order chi connectivity index (χ0) is 16.8. The molecule has 0 amide bonds. The molecule has 0 aliphatic carbocycles. The number of nitrogens with zero attached hydrogens (tertiary/aromatic N) is 2. The van der Waals surface area contributed by atoms with E-state index in [-0.39, 0.29) is 12.3 Å².